The van der Waals surface area contributed by atoms with Crippen molar-refractivity contribution in [3.63, 3.8) is 0 Å². The van der Waals surface area contributed by atoms with E-state index in [1.165, 1.54) is 0 Å². The summed E-state index contributed by atoms with van der Waals surface area (Å²) < 4.78 is 5.65. The number of aliphatic carboxylic acids is 1. The molecule has 2 heterocycles. The van der Waals surface area contributed by atoms with Crippen molar-refractivity contribution < 1.29 is 14.6 Å². The first-order valence-electron chi connectivity index (χ1n) is 6.90. The second-order valence-electron chi connectivity index (χ2n) is 4.78. The summed E-state index contributed by atoms with van der Waals surface area (Å²) in [5.41, 5.74) is 9.45. The number of nitrogens with zero attached hydrogens (tertiary/aromatic N) is 1. The Bertz CT molecular complexity index is 755. The Hall–Kier alpha value is -2.92. The van der Waals surface area contributed by atoms with Gasteiger partial charge < -0.3 is 9.84 Å². The highest BCUT2D eigenvalue weighted by Gasteiger charge is 2.34. The lowest BCUT2D eigenvalue weighted by Gasteiger charge is -2.16. The van der Waals surface area contributed by atoms with E-state index in [2.05, 4.69) is 33.2 Å². The van der Waals surface area contributed by atoms with Crippen LogP contribution in [0.3, 0.4) is 0 Å². The molecular weight excluding hydrogens is 296 g/mol. The molecule has 0 aliphatic carbocycles. The van der Waals surface area contributed by atoms with Gasteiger partial charge in [-0.1, -0.05) is 17.9 Å². The van der Waals surface area contributed by atoms with Crippen molar-refractivity contribution in [2.75, 3.05) is 0 Å². The first-order valence-corrected chi connectivity index (χ1v) is 6.90. The molecule has 23 heavy (non-hydrogen) atoms. The highest BCUT2D eigenvalue weighted by Crippen LogP contribution is 2.15. The topological polar surface area (TPSA) is 95.5 Å². The van der Waals surface area contributed by atoms with Crippen LogP contribution >= 0.6 is 0 Å². The number of aromatic nitrogens is 1. The van der Waals surface area contributed by atoms with Gasteiger partial charge in [0.1, 0.15) is 5.75 Å². The molecule has 2 aromatic rings. The van der Waals surface area contributed by atoms with E-state index in [-0.39, 0.29) is 0 Å². The highest BCUT2D eigenvalue weighted by molar-refractivity contribution is 5.74. The summed E-state index contributed by atoms with van der Waals surface area (Å²) in [5.74, 6) is 5.58. The minimum absolute atomic E-state index is 0.528. The zero-order valence-electron chi connectivity index (χ0n) is 12.0. The molecule has 1 fully saturated rings. The molecule has 1 saturated heterocycles. The molecule has 0 amide bonds. The maximum absolute atomic E-state index is 11.1. The Morgan fingerprint density at radius 2 is 1.91 bits per heavy atom. The molecule has 7 nitrogen and oxygen atoms in total. The second-order valence-corrected chi connectivity index (χ2v) is 4.78. The molecular formula is C16H14N4O3. The Morgan fingerprint density at radius 3 is 2.70 bits per heavy atom. The standard InChI is InChI=1S/C16H14N4O3/c21-16(22)14-15(19-20-18-14)23-13-3-1-2-12(10-13)5-4-11-6-8-17-9-7-11/h1-3,6-10,14-15,18-20H,(H,21,22). The van der Waals surface area contributed by atoms with Crippen LogP contribution in [0.1, 0.15) is 11.1 Å². The van der Waals surface area contributed by atoms with Gasteiger partial charge in [-0.3, -0.25) is 9.78 Å². The van der Waals surface area contributed by atoms with Crippen molar-refractivity contribution >= 4 is 5.97 Å². The Balaban J connectivity index is 1.73. The molecule has 2 atom stereocenters. The molecule has 0 spiro atoms. The maximum atomic E-state index is 11.1. The monoisotopic (exact) mass is 310 g/mol. The van der Waals surface area contributed by atoms with E-state index in [4.69, 9.17) is 9.84 Å². The van der Waals surface area contributed by atoms with E-state index >= 15 is 0 Å². The van der Waals surface area contributed by atoms with Crippen LogP contribution in [0.4, 0.5) is 0 Å². The minimum atomic E-state index is -1.01. The lowest BCUT2D eigenvalue weighted by molar-refractivity contribution is -0.141. The van der Waals surface area contributed by atoms with Crippen molar-refractivity contribution in [3.8, 4) is 17.6 Å². The van der Waals surface area contributed by atoms with Crippen molar-refractivity contribution in [3.05, 3.63) is 59.9 Å². The van der Waals surface area contributed by atoms with Crippen molar-refractivity contribution in [2.24, 2.45) is 0 Å². The smallest absolute Gasteiger partial charge is 0.327 e. The molecule has 3 rings (SSSR count). The number of hydrogen-bond acceptors (Lipinski definition) is 6. The van der Waals surface area contributed by atoms with E-state index in [1.807, 2.05) is 18.2 Å². The fourth-order valence-electron chi connectivity index (χ4n) is 2.01. The normalized spacial score (nSPS) is 19.7. The zero-order valence-corrected chi connectivity index (χ0v) is 12.0. The number of carboxylic acids is 1. The summed E-state index contributed by atoms with van der Waals surface area (Å²) >= 11 is 0. The highest BCUT2D eigenvalue weighted by atomic mass is 16.5. The van der Waals surface area contributed by atoms with Gasteiger partial charge in [-0.2, -0.15) is 5.53 Å². The second kappa shape index (κ2) is 6.89. The van der Waals surface area contributed by atoms with E-state index in [0.29, 0.717) is 5.75 Å². The number of rotatable bonds is 3. The molecule has 0 bridgehead atoms. The largest absolute Gasteiger partial charge is 0.480 e. The van der Waals surface area contributed by atoms with Gasteiger partial charge in [-0.25, -0.2) is 10.9 Å². The van der Waals surface area contributed by atoms with Crippen molar-refractivity contribution in [1.82, 2.24) is 21.4 Å². The molecule has 1 aromatic heterocycles. The van der Waals surface area contributed by atoms with Crippen LogP contribution in [0, 0.1) is 11.8 Å². The fourth-order valence-corrected chi connectivity index (χ4v) is 2.01. The summed E-state index contributed by atoms with van der Waals surface area (Å²) in [7, 11) is 0. The first kappa shape index (κ1) is 15.0. The van der Waals surface area contributed by atoms with Gasteiger partial charge in [0.2, 0.25) is 0 Å². The maximum Gasteiger partial charge on any atom is 0.327 e. The van der Waals surface area contributed by atoms with Crippen molar-refractivity contribution in [1.29, 1.82) is 0 Å². The lowest BCUT2D eigenvalue weighted by Crippen LogP contribution is -2.44. The van der Waals surface area contributed by atoms with E-state index in [1.54, 1.807) is 30.6 Å². The third-order valence-corrected chi connectivity index (χ3v) is 3.14. The van der Waals surface area contributed by atoms with Gasteiger partial charge in [-0.05, 0) is 30.3 Å². The van der Waals surface area contributed by atoms with Crippen LogP contribution in [0.5, 0.6) is 5.75 Å². The first-order chi connectivity index (χ1) is 11.2. The Kier molecular flexibility index (Phi) is 4.49. The quantitative estimate of drug-likeness (QED) is 0.604. The molecule has 0 radical (unpaired) electrons. The average molecular weight is 310 g/mol. The SMILES string of the molecule is O=C(O)C1NNNC1Oc1cccc(C#Cc2ccncc2)c1. The molecule has 7 heteroatoms. The molecule has 0 saturated carbocycles. The number of benzene rings is 1. The minimum Gasteiger partial charge on any atom is -0.480 e. The summed E-state index contributed by atoms with van der Waals surface area (Å²) in [5, 5.41) is 9.08. The van der Waals surface area contributed by atoms with E-state index < -0.39 is 18.2 Å². The summed E-state index contributed by atoms with van der Waals surface area (Å²) in [6, 6.07) is 9.92. The van der Waals surface area contributed by atoms with Gasteiger partial charge in [-0.15, -0.1) is 0 Å². The Labute approximate surface area is 132 Å². The molecule has 1 aliphatic heterocycles. The predicted molar refractivity (Wildman–Crippen MR) is 81.9 cm³/mol. The number of hydrogen-bond donors (Lipinski definition) is 4. The number of nitrogens with one attached hydrogen (secondary N) is 3. The van der Waals surface area contributed by atoms with Crippen LogP contribution in [-0.2, 0) is 4.79 Å². The third kappa shape index (κ3) is 3.84. The summed E-state index contributed by atoms with van der Waals surface area (Å²) in [4.78, 5) is 15.0. The van der Waals surface area contributed by atoms with Gasteiger partial charge in [0.05, 0.1) is 0 Å². The van der Waals surface area contributed by atoms with Crippen LogP contribution in [-0.4, -0.2) is 28.3 Å². The van der Waals surface area contributed by atoms with E-state index in [0.717, 1.165) is 11.1 Å². The molecule has 1 aromatic carbocycles. The molecule has 4 N–H and O–H groups in total. The van der Waals surface area contributed by atoms with E-state index in [9.17, 15) is 4.79 Å². The lowest BCUT2D eigenvalue weighted by atomic mass is 10.2. The van der Waals surface area contributed by atoms with Crippen LogP contribution in [0.25, 0.3) is 0 Å². The molecule has 1 aliphatic rings. The summed E-state index contributed by atoms with van der Waals surface area (Å²) in [6.45, 7) is 0. The number of ether oxygens (including phenoxy) is 1. The van der Waals surface area contributed by atoms with Crippen LogP contribution < -0.4 is 21.1 Å². The fraction of sp³-hybridized carbons (Fsp3) is 0.125. The number of hydrazine groups is 2. The van der Waals surface area contributed by atoms with Gasteiger partial charge >= 0.3 is 5.97 Å². The van der Waals surface area contributed by atoms with Gasteiger partial charge in [0, 0.05) is 23.5 Å². The summed E-state index contributed by atoms with van der Waals surface area (Å²) in [6.07, 6.45) is 2.64. The third-order valence-electron chi connectivity index (χ3n) is 3.14. The number of pyridine rings is 1. The van der Waals surface area contributed by atoms with Gasteiger partial charge in [0.15, 0.2) is 12.3 Å². The number of carbonyl (C=O) groups is 1. The van der Waals surface area contributed by atoms with Crippen LogP contribution in [0.15, 0.2) is 48.8 Å². The average Bonchev–Trinajstić information content (AvgIpc) is 3.03. The Morgan fingerprint density at radius 1 is 1.13 bits per heavy atom. The molecule has 116 valence electrons. The van der Waals surface area contributed by atoms with Crippen LogP contribution in [0.2, 0.25) is 0 Å². The molecule has 2 unspecified atom stereocenters. The van der Waals surface area contributed by atoms with Gasteiger partial charge in [0.25, 0.3) is 0 Å². The predicted octanol–water partition coefficient (Wildman–Crippen LogP) is 0.252. The number of carboxylic acid groups (broad SMARTS) is 1. The van der Waals surface area contributed by atoms with Crippen molar-refractivity contribution in [2.45, 2.75) is 12.3 Å². The zero-order chi connectivity index (χ0) is 16.1.